The van der Waals surface area contributed by atoms with Crippen LogP contribution in [-0.2, 0) is 4.74 Å². The fourth-order valence-electron chi connectivity index (χ4n) is 2.02. The van der Waals surface area contributed by atoms with Gasteiger partial charge in [0.25, 0.3) is 0 Å². The number of carbonyl (C=O) groups is 1. The molecule has 0 radical (unpaired) electrons. The van der Waals surface area contributed by atoms with Gasteiger partial charge in [0.05, 0.1) is 17.2 Å². The molecule has 0 heterocycles. The number of aryl methyl sites for hydroxylation is 1. The summed E-state index contributed by atoms with van der Waals surface area (Å²) in [6, 6.07) is 7.43. The lowest BCUT2D eigenvalue weighted by atomic mass is 10.1. The first kappa shape index (κ1) is 16.2. The van der Waals surface area contributed by atoms with Crippen molar-refractivity contribution in [3.63, 3.8) is 0 Å². The molecule has 1 N–H and O–H groups in total. The molecule has 0 saturated heterocycles. The van der Waals surface area contributed by atoms with E-state index in [1.807, 2.05) is 33.8 Å². The quantitative estimate of drug-likeness (QED) is 0.926. The van der Waals surface area contributed by atoms with Gasteiger partial charge in [0, 0.05) is 0 Å². The second-order valence-corrected chi connectivity index (χ2v) is 6.79. The molecule has 2 rings (SSSR count). The minimum absolute atomic E-state index is 0.350. The average Bonchev–Trinajstić information content (AvgIpc) is 3.15. The van der Waals surface area contributed by atoms with Crippen LogP contribution in [0.4, 0.5) is 4.79 Å². The van der Waals surface area contributed by atoms with E-state index in [4.69, 9.17) is 14.7 Å². The van der Waals surface area contributed by atoms with Crippen LogP contribution in [0.15, 0.2) is 18.2 Å². The molecule has 1 saturated carbocycles. The minimum Gasteiger partial charge on any atom is -0.491 e. The van der Waals surface area contributed by atoms with E-state index in [-0.39, 0.29) is 5.54 Å². The van der Waals surface area contributed by atoms with Gasteiger partial charge in [0.15, 0.2) is 0 Å². The molecule has 1 fully saturated rings. The van der Waals surface area contributed by atoms with E-state index in [2.05, 4.69) is 11.4 Å². The van der Waals surface area contributed by atoms with Crippen molar-refractivity contribution in [2.75, 3.05) is 6.61 Å². The number of amides is 1. The molecule has 5 heteroatoms. The zero-order valence-corrected chi connectivity index (χ0v) is 13.5. The van der Waals surface area contributed by atoms with E-state index in [1.54, 1.807) is 12.1 Å². The first-order valence-electron chi connectivity index (χ1n) is 7.38. The molecular formula is C17H22N2O3. The molecule has 0 spiro atoms. The maximum atomic E-state index is 11.9. The average molecular weight is 302 g/mol. The van der Waals surface area contributed by atoms with Gasteiger partial charge in [-0.2, -0.15) is 5.26 Å². The Bertz CT molecular complexity index is 607. The Balaban J connectivity index is 1.94. The number of nitrogens with zero attached hydrogens (tertiary/aromatic N) is 1. The lowest BCUT2D eigenvalue weighted by Crippen LogP contribution is -2.44. The zero-order valence-electron chi connectivity index (χ0n) is 13.5. The lowest BCUT2D eigenvalue weighted by Gasteiger charge is -2.23. The summed E-state index contributed by atoms with van der Waals surface area (Å²) in [5.74, 6) is 0.677. The number of carbonyl (C=O) groups excluding carboxylic acids is 1. The Morgan fingerprint density at radius 1 is 1.41 bits per heavy atom. The van der Waals surface area contributed by atoms with Crippen LogP contribution in [0.25, 0.3) is 0 Å². The van der Waals surface area contributed by atoms with Crippen molar-refractivity contribution in [2.45, 2.75) is 51.7 Å². The second kappa shape index (κ2) is 5.88. The number of hydrogen-bond donors (Lipinski definition) is 1. The largest absolute Gasteiger partial charge is 0.491 e. The Labute approximate surface area is 131 Å². The third kappa shape index (κ3) is 4.39. The van der Waals surface area contributed by atoms with Gasteiger partial charge in [-0.05, 0) is 58.2 Å². The van der Waals surface area contributed by atoms with Crippen LogP contribution < -0.4 is 10.1 Å². The highest BCUT2D eigenvalue weighted by Crippen LogP contribution is 2.36. The van der Waals surface area contributed by atoms with Crippen LogP contribution in [0.3, 0.4) is 0 Å². The van der Waals surface area contributed by atoms with E-state index >= 15 is 0 Å². The van der Waals surface area contributed by atoms with E-state index in [1.165, 1.54) is 0 Å². The van der Waals surface area contributed by atoms with Crippen LogP contribution in [0.5, 0.6) is 5.75 Å². The van der Waals surface area contributed by atoms with Crippen LogP contribution in [0.1, 0.15) is 44.7 Å². The van der Waals surface area contributed by atoms with Gasteiger partial charge in [-0.3, -0.25) is 0 Å². The van der Waals surface area contributed by atoms with Gasteiger partial charge in [-0.25, -0.2) is 4.79 Å². The summed E-state index contributed by atoms with van der Waals surface area (Å²) in [7, 11) is 0. The summed E-state index contributed by atoms with van der Waals surface area (Å²) in [6.07, 6.45) is 1.31. The fourth-order valence-corrected chi connectivity index (χ4v) is 2.02. The topological polar surface area (TPSA) is 71.3 Å². The molecule has 0 atom stereocenters. The molecule has 0 bridgehead atoms. The maximum absolute atomic E-state index is 11.9. The van der Waals surface area contributed by atoms with Crippen molar-refractivity contribution < 1.29 is 14.3 Å². The number of benzene rings is 1. The van der Waals surface area contributed by atoms with Gasteiger partial charge in [-0.15, -0.1) is 0 Å². The predicted octanol–water partition coefficient (Wildman–Crippen LogP) is 3.30. The molecule has 5 nitrogen and oxygen atoms in total. The first-order valence-corrected chi connectivity index (χ1v) is 7.38. The maximum Gasteiger partial charge on any atom is 0.408 e. The van der Waals surface area contributed by atoms with Gasteiger partial charge in [-0.1, -0.05) is 6.07 Å². The smallest absolute Gasteiger partial charge is 0.408 e. The second-order valence-electron chi connectivity index (χ2n) is 6.79. The number of rotatable bonds is 4. The number of alkyl carbamates (subject to hydrolysis) is 1. The van der Waals surface area contributed by atoms with Crippen LogP contribution >= 0.6 is 0 Å². The monoisotopic (exact) mass is 302 g/mol. The highest BCUT2D eigenvalue weighted by molar-refractivity contribution is 5.69. The van der Waals surface area contributed by atoms with E-state index < -0.39 is 11.7 Å². The summed E-state index contributed by atoms with van der Waals surface area (Å²) in [5, 5.41) is 11.8. The normalized spacial score (nSPS) is 15.6. The molecule has 1 amide bonds. The molecular weight excluding hydrogens is 280 g/mol. The Morgan fingerprint density at radius 2 is 2.09 bits per heavy atom. The van der Waals surface area contributed by atoms with Crippen LogP contribution in [0.2, 0.25) is 0 Å². The lowest BCUT2D eigenvalue weighted by molar-refractivity contribution is 0.0477. The van der Waals surface area contributed by atoms with Crippen molar-refractivity contribution in [3.8, 4) is 11.8 Å². The van der Waals surface area contributed by atoms with Gasteiger partial charge in [0.2, 0.25) is 0 Å². The van der Waals surface area contributed by atoms with Crippen molar-refractivity contribution in [1.29, 1.82) is 5.26 Å². The zero-order chi connectivity index (χ0) is 16.4. The summed E-state index contributed by atoms with van der Waals surface area (Å²) >= 11 is 0. The van der Waals surface area contributed by atoms with E-state index in [0.717, 1.165) is 18.4 Å². The molecule has 0 aliphatic heterocycles. The highest BCUT2D eigenvalue weighted by atomic mass is 16.6. The number of nitrogens with one attached hydrogen (secondary N) is 1. The molecule has 0 aromatic heterocycles. The number of ether oxygens (including phenoxy) is 2. The fraction of sp³-hybridized carbons (Fsp3) is 0.529. The van der Waals surface area contributed by atoms with Gasteiger partial charge >= 0.3 is 6.09 Å². The molecule has 1 aromatic carbocycles. The highest BCUT2D eigenvalue weighted by Gasteiger charge is 2.46. The minimum atomic E-state index is -0.515. The Kier molecular flexibility index (Phi) is 4.32. The molecule has 0 unspecified atom stereocenters. The molecule has 1 aliphatic rings. The standard InChI is InChI=1S/C17H22N2O3/c1-12-5-6-13(10-18)9-14(12)21-11-17(7-8-17)19-15(20)22-16(2,3)4/h5-6,9H,7-8,11H2,1-4H3,(H,19,20). The third-order valence-electron chi connectivity index (χ3n) is 3.44. The first-order chi connectivity index (χ1) is 10.2. The summed E-state index contributed by atoms with van der Waals surface area (Å²) in [5.41, 5.74) is 0.661. The van der Waals surface area contributed by atoms with Gasteiger partial charge < -0.3 is 14.8 Å². The van der Waals surface area contributed by atoms with Crippen molar-refractivity contribution in [1.82, 2.24) is 5.32 Å². The Morgan fingerprint density at radius 3 is 2.64 bits per heavy atom. The third-order valence-corrected chi connectivity index (χ3v) is 3.44. The summed E-state index contributed by atoms with van der Waals surface area (Å²) in [6.45, 7) is 7.80. The van der Waals surface area contributed by atoms with Crippen molar-refractivity contribution in [3.05, 3.63) is 29.3 Å². The van der Waals surface area contributed by atoms with Crippen molar-refractivity contribution in [2.24, 2.45) is 0 Å². The Hall–Kier alpha value is -2.22. The van der Waals surface area contributed by atoms with Gasteiger partial charge in [0.1, 0.15) is 18.0 Å². The molecule has 22 heavy (non-hydrogen) atoms. The number of nitriles is 1. The summed E-state index contributed by atoms with van der Waals surface area (Å²) < 4.78 is 11.1. The molecule has 1 aliphatic carbocycles. The van der Waals surface area contributed by atoms with Crippen LogP contribution in [-0.4, -0.2) is 23.8 Å². The van der Waals surface area contributed by atoms with Crippen LogP contribution in [0, 0.1) is 18.3 Å². The predicted molar refractivity (Wildman–Crippen MR) is 82.7 cm³/mol. The van der Waals surface area contributed by atoms with Crippen molar-refractivity contribution >= 4 is 6.09 Å². The van der Waals surface area contributed by atoms with E-state index in [9.17, 15) is 4.79 Å². The SMILES string of the molecule is Cc1ccc(C#N)cc1OCC1(NC(=O)OC(C)(C)C)CC1. The summed E-state index contributed by atoms with van der Waals surface area (Å²) in [4.78, 5) is 11.9. The number of hydrogen-bond acceptors (Lipinski definition) is 4. The van der Waals surface area contributed by atoms with E-state index in [0.29, 0.717) is 17.9 Å². The molecule has 1 aromatic rings. The molecule has 118 valence electrons.